The van der Waals surface area contributed by atoms with Gasteiger partial charge >= 0.3 is 0 Å². The van der Waals surface area contributed by atoms with Crippen LogP contribution in [0, 0.1) is 19.8 Å². The lowest BCUT2D eigenvalue weighted by Gasteiger charge is -2.37. The first-order valence-electron chi connectivity index (χ1n) is 11.7. The maximum atomic E-state index is 15.0. The number of aryl methyl sites for hydroxylation is 1. The SMILES string of the molecule is CSc1cc(C)[nH]c(=O)c1CNC(=O)c1c(C)n(C(C)[C@H]2CCN(C)C[C@@H]2F)c2ccccc12. The smallest absolute Gasteiger partial charge is 0.254 e. The molecule has 0 saturated carbocycles. The number of pyridine rings is 1. The summed E-state index contributed by atoms with van der Waals surface area (Å²) in [6.45, 7) is 7.27. The Balaban J connectivity index is 1.67. The van der Waals surface area contributed by atoms with Crippen molar-refractivity contribution in [3.05, 3.63) is 63.2 Å². The number of fused-ring (bicyclic) bond motifs is 1. The average molecular weight is 485 g/mol. The van der Waals surface area contributed by atoms with Gasteiger partial charge in [0.05, 0.1) is 5.56 Å². The second-order valence-corrected chi connectivity index (χ2v) is 10.2. The second kappa shape index (κ2) is 9.96. The van der Waals surface area contributed by atoms with Gasteiger partial charge in [-0.25, -0.2) is 4.39 Å². The van der Waals surface area contributed by atoms with E-state index in [4.69, 9.17) is 0 Å². The molecule has 0 spiro atoms. The molecule has 3 atom stereocenters. The van der Waals surface area contributed by atoms with E-state index in [1.807, 2.05) is 62.4 Å². The molecule has 3 heterocycles. The van der Waals surface area contributed by atoms with Gasteiger partial charge in [0.25, 0.3) is 11.5 Å². The van der Waals surface area contributed by atoms with Crippen molar-refractivity contribution >= 4 is 28.6 Å². The number of piperidine rings is 1. The van der Waals surface area contributed by atoms with Crippen LogP contribution in [0.4, 0.5) is 4.39 Å². The predicted molar refractivity (Wildman–Crippen MR) is 137 cm³/mol. The van der Waals surface area contributed by atoms with Crippen LogP contribution in [0.5, 0.6) is 0 Å². The van der Waals surface area contributed by atoms with Crippen molar-refractivity contribution in [2.75, 3.05) is 26.4 Å². The predicted octanol–water partition coefficient (Wildman–Crippen LogP) is 4.45. The van der Waals surface area contributed by atoms with Gasteiger partial charge in [-0.15, -0.1) is 11.8 Å². The van der Waals surface area contributed by atoms with Crippen molar-refractivity contribution in [3.63, 3.8) is 0 Å². The molecule has 1 aromatic carbocycles. The summed E-state index contributed by atoms with van der Waals surface area (Å²) < 4.78 is 17.1. The van der Waals surface area contributed by atoms with Gasteiger partial charge in [0.15, 0.2) is 0 Å². The highest BCUT2D eigenvalue weighted by atomic mass is 32.2. The lowest BCUT2D eigenvalue weighted by atomic mass is 9.88. The number of thioether (sulfide) groups is 1. The van der Waals surface area contributed by atoms with Crippen LogP contribution in [0.2, 0.25) is 0 Å². The number of halogens is 1. The van der Waals surface area contributed by atoms with E-state index in [-0.39, 0.29) is 30.0 Å². The van der Waals surface area contributed by atoms with E-state index in [1.165, 1.54) is 11.8 Å². The zero-order valence-corrected chi connectivity index (χ0v) is 21.3. The molecule has 6 nitrogen and oxygen atoms in total. The van der Waals surface area contributed by atoms with Crippen LogP contribution >= 0.6 is 11.8 Å². The van der Waals surface area contributed by atoms with Crippen LogP contribution in [0.3, 0.4) is 0 Å². The first-order valence-corrected chi connectivity index (χ1v) is 12.9. The van der Waals surface area contributed by atoms with Crippen LogP contribution in [0.15, 0.2) is 40.0 Å². The molecule has 1 fully saturated rings. The maximum absolute atomic E-state index is 15.0. The highest BCUT2D eigenvalue weighted by molar-refractivity contribution is 7.98. The van der Waals surface area contributed by atoms with E-state index < -0.39 is 6.17 Å². The highest BCUT2D eigenvalue weighted by Crippen LogP contribution is 2.36. The van der Waals surface area contributed by atoms with Gasteiger partial charge in [-0.05, 0) is 59.2 Å². The molecule has 1 unspecified atom stereocenters. The monoisotopic (exact) mass is 484 g/mol. The number of para-hydroxylation sites is 1. The molecule has 2 N–H and O–H groups in total. The third-order valence-corrected chi connectivity index (χ3v) is 7.88. The molecule has 0 radical (unpaired) electrons. The van der Waals surface area contributed by atoms with E-state index in [0.29, 0.717) is 17.7 Å². The second-order valence-electron chi connectivity index (χ2n) is 9.33. The third-order valence-electron chi connectivity index (χ3n) is 7.08. The van der Waals surface area contributed by atoms with E-state index in [2.05, 4.69) is 21.8 Å². The minimum Gasteiger partial charge on any atom is -0.348 e. The van der Waals surface area contributed by atoms with E-state index in [1.54, 1.807) is 0 Å². The normalized spacial score (nSPS) is 19.9. The zero-order valence-electron chi connectivity index (χ0n) is 20.4. The number of nitrogens with one attached hydrogen (secondary N) is 2. The van der Waals surface area contributed by atoms with Gasteiger partial charge in [0.2, 0.25) is 0 Å². The number of nitrogens with zero attached hydrogens (tertiary/aromatic N) is 2. The number of H-pyrrole nitrogens is 1. The van der Waals surface area contributed by atoms with E-state index >= 15 is 4.39 Å². The van der Waals surface area contributed by atoms with Crippen LogP contribution in [-0.2, 0) is 6.54 Å². The molecule has 4 rings (SSSR count). The van der Waals surface area contributed by atoms with Crippen molar-refractivity contribution in [1.29, 1.82) is 0 Å². The number of amides is 1. The molecular formula is C26H33FN4O2S. The molecular weight excluding hydrogens is 451 g/mol. The molecule has 2 aromatic heterocycles. The quantitative estimate of drug-likeness (QED) is 0.507. The summed E-state index contributed by atoms with van der Waals surface area (Å²) in [7, 11) is 1.95. The van der Waals surface area contributed by atoms with Crippen LogP contribution < -0.4 is 10.9 Å². The summed E-state index contributed by atoms with van der Waals surface area (Å²) in [5.41, 5.74) is 3.49. The van der Waals surface area contributed by atoms with Gasteiger partial charge in [-0.2, -0.15) is 0 Å². The first-order chi connectivity index (χ1) is 16.2. The summed E-state index contributed by atoms with van der Waals surface area (Å²) >= 11 is 1.49. The molecule has 1 aliphatic heterocycles. The number of carbonyl (C=O) groups is 1. The van der Waals surface area contributed by atoms with Gasteiger partial charge in [-0.1, -0.05) is 18.2 Å². The van der Waals surface area contributed by atoms with Crippen molar-refractivity contribution in [2.24, 2.45) is 5.92 Å². The summed E-state index contributed by atoms with van der Waals surface area (Å²) in [6.07, 6.45) is 1.78. The Morgan fingerprint density at radius 3 is 2.76 bits per heavy atom. The molecule has 1 saturated heterocycles. The molecule has 1 aliphatic rings. The fourth-order valence-electron chi connectivity index (χ4n) is 5.31. The Morgan fingerprint density at radius 2 is 2.06 bits per heavy atom. The van der Waals surface area contributed by atoms with Gasteiger partial charge in [0.1, 0.15) is 6.17 Å². The zero-order chi connectivity index (χ0) is 24.6. The third kappa shape index (κ3) is 4.53. The van der Waals surface area contributed by atoms with Crippen LogP contribution in [0.1, 0.15) is 46.7 Å². The number of rotatable bonds is 6. The number of carbonyl (C=O) groups excluding carboxylic acids is 1. The largest absolute Gasteiger partial charge is 0.348 e. The number of alkyl halides is 1. The molecule has 182 valence electrons. The molecule has 0 aliphatic carbocycles. The van der Waals surface area contributed by atoms with Crippen molar-refractivity contribution in [3.8, 4) is 0 Å². The van der Waals surface area contributed by atoms with Gasteiger partial charge in [0, 0.05) is 57.8 Å². The molecule has 8 heteroatoms. The number of aromatic amines is 1. The Kier molecular flexibility index (Phi) is 7.19. The number of hydrogen-bond acceptors (Lipinski definition) is 4. The minimum atomic E-state index is -0.912. The Bertz CT molecular complexity index is 1270. The van der Waals surface area contributed by atoms with E-state index in [0.717, 1.165) is 40.2 Å². The van der Waals surface area contributed by atoms with Crippen molar-refractivity contribution in [1.82, 2.24) is 19.8 Å². The Labute approximate surface area is 203 Å². The summed E-state index contributed by atoms with van der Waals surface area (Å²) in [4.78, 5) is 31.6. The summed E-state index contributed by atoms with van der Waals surface area (Å²) in [5.74, 6) is -0.344. The van der Waals surface area contributed by atoms with Gasteiger partial charge in [-0.3, -0.25) is 9.59 Å². The number of aromatic nitrogens is 2. The van der Waals surface area contributed by atoms with Gasteiger partial charge < -0.3 is 19.8 Å². The average Bonchev–Trinajstić information content (AvgIpc) is 3.09. The van der Waals surface area contributed by atoms with E-state index in [9.17, 15) is 9.59 Å². The Hall–Kier alpha value is -2.58. The maximum Gasteiger partial charge on any atom is 0.254 e. The fraction of sp³-hybridized carbons (Fsp3) is 0.462. The van der Waals surface area contributed by atoms with Crippen LogP contribution in [-0.4, -0.2) is 52.9 Å². The standard InChI is InChI=1S/C26H33FN4O2S/c1-15-12-23(34-5)20(25(32)29-15)13-28-26(33)24-17(3)31(22-9-7-6-8-19(22)24)16(2)18-10-11-30(4)14-21(18)27/h6-9,12,16,18,21H,10-11,13-14H2,1-5H3,(H,28,33)(H,29,32)/t16?,18-,21+/m1/s1. The van der Waals surface area contributed by atoms with Crippen LogP contribution in [0.25, 0.3) is 10.9 Å². The summed E-state index contributed by atoms with van der Waals surface area (Å²) in [6, 6.07) is 9.63. The number of hydrogen-bond donors (Lipinski definition) is 2. The topological polar surface area (TPSA) is 70.1 Å². The molecule has 1 amide bonds. The number of likely N-dealkylation sites (tertiary alicyclic amines) is 1. The minimum absolute atomic E-state index is 0.0850. The van der Waals surface area contributed by atoms with Crippen molar-refractivity contribution < 1.29 is 9.18 Å². The highest BCUT2D eigenvalue weighted by Gasteiger charge is 2.34. The Morgan fingerprint density at radius 1 is 1.32 bits per heavy atom. The molecule has 0 bridgehead atoms. The summed E-state index contributed by atoms with van der Waals surface area (Å²) in [5, 5.41) is 3.81. The lowest BCUT2D eigenvalue weighted by molar-refractivity contribution is 0.0744. The molecule has 34 heavy (non-hydrogen) atoms. The molecule has 3 aromatic rings. The fourth-order valence-corrected chi connectivity index (χ4v) is 6.01. The van der Waals surface area contributed by atoms with Crippen molar-refractivity contribution in [2.45, 2.75) is 50.8 Å². The lowest BCUT2D eigenvalue weighted by Crippen LogP contribution is -2.42. The number of benzene rings is 1. The first kappa shape index (κ1) is 24.5.